The molecule has 1 heterocycles. The molecular weight excluding hydrogens is 236 g/mol. The lowest BCUT2D eigenvalue weighted by atomic mass is 10.1. The Balaban J connectivity index is 2.25. The van der Waals surface area contributed by atoms with Gasteiger partial charge in [0.2, 0.25) is 10.0 Å². The van der Waals surface area contributed by atoms with E-state index in [9.17, 15) is 8.42 Å². The summed E-state index contributed by atoms with van der Waals surface area (Å²) in [5.41, 5.74) is 2.27. The summed E-state index contributed by atoms with van der Waals surface area (Å²) in [6, 6.07) is 13.2. The third-order valence-corrected chi connectivity index (χ3v) is 2.74. The maximum atomic E-state index is 11.0. The molecule has 0 saturated heterocycles. The van der Waals surface area contributed by atoms with Gasteiger partial charge in [-0.25, -0.2) is 8.42 Å². The van der Waals surface area contributed by atoms with Gasteiger partial charge in [0.15, 0.2) is 0 Å². The van der Waals surface area contributed by atoms with Gasteiger partial charge in [-0.15, -0.1) is 0 Å². The summed E-state index contributed by atoms with van der Waals surface area (Å²) < 4.78 is 24.4. The quantitative estimate of drug-likeness (QED) is 0.905. The average Bonchev–Trinajstić information content (AvgIpc) is 2.29. The number of nitrogens with one attached hydrogen (secondary N) is 1. The summed E-state index contributed by atoms with van der Waals surface area (Å²) in [6.07, 6.45) is 2.61. The molecule has 5 heteroatoms. The first kappa shape index (κ1) is 11.6. The molecule has 0 aliphatic rings. The van der Waals surface area contributed by atoms with Gasteiger partial charge in [-0.05, 0) is 12.1 Å². The van der Waals surface area contributed by atoms with Crippen molar-refractivity contribution in [3.8, 4) is 11.3 Å². The first-order chi connectivity index (χ1) is 8.04. The molecule has 2 rings (SSSR count). The van der Waals surface area contributed by atoms with Crippen LogP contribution in [-0.2, 0) is 10.0 Å². The first-order valence-electron chi connectivity index (χ1n) is 5.04. The van der Waals surface area contributed by atoms with Gasteiger partial charge >= 0.3 is 0 Å². The van der Waals surface area contributed by atoms with Gasteiger partial charge in [0.1, 0.15) is 0 Å². The fourth-order valence-corrected chi connectivity index (χ4v) is 2.00. The Kier molecular flexibility index (Phi) is 3.10. The zero-order valence-corrected chi connectivity index (χ0v) is 10.1. The minimum Gasteiger partial charge on any atom is -0.282 e. The van der Waals surface area contributed by atoms with E-state index >= 15 is 0 Å². The molecule has 1 aromatic carbocycles. The third-order valence-electron chi connectivity index (χ3n) is 2.14. The summed E-state index contributed by atoms with van der Waals surface area (Å²) in [4.78, 5) is 4.21. The van der Waals surface area contributed by atoms with Crippen LogP contribution in [0.2, 0.25) is 0 Å². The van der Waals surface area contributed by atoms with Gasteiger partial charge < -0.3 is 0 Å². The highest BCUT2D eigenvalue weighted by molar-refractivity contribution is 7.92. The molecule has 0 unspecified atom stereocenters. The van der Waals surface area contributed by atoms with Crippen molar-refractivity contribution in [3.05, 3.63) is 48.7 Å². The molecule has 4 nitrogen and oxygen atoms in total. The Morgan fingerprint density at radius 1 is 1.06 bits per heavy atom. The molecule has 0 fully saturated rings. The minimum atomic E-state index is -3.24. The fraction of sp³-hybridized carbons (Fsp3) is 0.0833. The lowest BCUT2D eigenvalue weighted by molar-refractivity contribution is 0.607. The van der Waals surface area contributed by atoms with Crippen molar-refractivity contribution in [2.45, 2.75) is 0 Å². The number of anilines is 1. The van der Waals surface area contributed by atoms with Crippen molar-refractivity contribution in [3.63, 3.8) is 0 Å². The van der Waals surface area contributed by atoms with Crippen LogP contribution in [0.3, 0.4) is 0 Å². The normalized spacial score (nSPS) is 11.1. The van der Waals surface area contributed by atoms with Gasteiger partial charge in [-0.2, -0.15) is 0 Å². The molecule has 0 radical (unpaired) electrons. The molecule has 17 heavy (non-hydrogen) atoms. The molecular formula is C12H12N2O2S. The van der Waals surface area contributed by atoms with Crippen molar-refractivity contribution in [1.29, 1.82) is 0 Å². The number of pyridine rings is 1. The number of rotatable bonds is 3. The molecule has 0 bridgehead atoms. The number of hydrogen-bond donors (Lipinski definition) is 1. The zero-order valence-electron chi connectivity index (χ0n) is 9.29. The van der Waals surface area contributed by atoms with Crippen LogP contribution in [0.15, 0.2) is 48.7 Å². The number of aromatic nitrogens is 1. The zero-order chi connectivity index (χ0) is 12.3. The van der Waals surface area contributed by atoms with E-state index in [0.717, 1.165) is 17.5 Å². The Labute approximate surface area is 100 Å². The van der Waals surface area contributed by atoms with Crippen LogP contribution in [0.1, 0.15) is 0 Å². The maximum Gasteiger partial charge on any atom is 0.229 e. The maximum absolute atomic E-state index is 11.0. The second-order valence-electron chi connectivity index (χ2n) is 3.67. The first-order valence-corrected chi connectivity index (χ1v) is 6.93. The molecule has 0 spiro atoms. The number of sulfonamides is 1. The van der Waals surface area contributed by atoms with E-state index in [1.54, 1.807) is 12.1 Å². The predicted octanol–water partition coefficient (Wildman–Crippen LogP) is 2.12. The Bertz CT molecular complexity index is 592. The van der Waals surface area contributed by atoms with Crippen LogP contribution in [0, 0.1) is 0 Å². The smallest absolute Gasteiger partial charge is 0.229 e. The minimum absolute atomic E-state index is 0.465. The Morgan fingerprint density at radius 3 is 2.29 bits per heavy atom. The van der Waals surface area contributed by atoms with Gasteiger partial charge in [-0.3, -0.25) is 9.71 Å². The highest BCUT2D eigenvalue weighted by Gasteiger charge is 2.03. The summed E-state index contributed by atoms with van der Waals surface area (Å²) in [7, 11) is -3.24. The molecule has 88 valence electrons. The van der Waals surface area contributed by atoms with Gasteiger partial charge in [-0.1, -0.05) is 30.3 Å². The van der Waals surface area contributed by atoms with Gasteiger partial charge in [0.25, 0.3) is 0 Å². The summed E-state index contributed by atoms with van der Waals surface area (Å²) in [6.45, 7) is 0. The number of benzene rings is 1. The van der Waals surface area contributed by atoms with Gasteiger partial charge in [0.05, 0.1) is 23.8 Å². The topological polar surface area (TPSA) is 59.1 Å². The summed E-state index contributed by atoms with van der Waals surface area (Å²) >= 11 is 0. The molecule has 0 aliphatic heterocycles. The SMILES string of the molecule is CS(=O)(=O)Nc1ccc(-c2ccccc2)nc1. The molecule has 0 amide bonds. The standard InChI is InChI=1S/C12H12N2O2S/c1-17(15,16)14-11-7-8-12(13-9-11)10-5-3-2-4-6-10/h2-9,14H,1H3. The van der Waals surface area contributed by atoms with Crippen molar-refractivity contribution >= 4 is 15.7 Å². The molecule has 0 saturated carbocycles. The average molecular weight is 248 g/mol. The van der Waals surface area contributed by atoms with E-state index in [-0.39, 0.29) is 0 Å². The molecule has 1 aromatic heterocycles. The summed E-state index contributed by atoms with van der Waals surface area (Å²) in [5, 5.41) is 0. The van der Waals surface area contributed by atoms with Gasteiger partial charge in [0, 0.05) is 5.56 Å². The predicted molar refractivity (Wildman–Crippen MR) is 68.1 cm³/mol. The lowest BCUT2D eigenvalue weighted by Gasteiger charge is -2.04. The monoisotopic (exact) mass is 248 g/mol. The van der Waals surface area contributed by atoms with E-state index in [1.807, 2.05) is 30.3 Å². The van der Waals surface area contributed by atoms with Crippen LogP contribution in [0.4, 0.5) is 5.69 Å². The van der Waals surface area contributed by atoms with Crippen LogP contribution < -0.4 is 4.72 Å². The highest BCUT2D eigenvalue weighted by atomic mass is 32.2. The largest absolute Gasteiger partial charge is 0.282 e. The van der Waals surface area contributed by atoms with Crippen LogP contribution in [0.5, 0.6) is 0 Å². The van der Waals surface area contributed by atoms with Crippen molar-refractivity contribution < 1.29 is 8.42 Å². The van der Waals surface area contributed by atoms with E-state index in [1.165, 1.54) is 6.20 Å². The molecule has 0 aliphatic carbocycles. The fourth-order valence-electron chi connectivity index (χ4n) is 1.45. The molecule has 2 aromatic rings. The Hall–Kier alpha value is -1.88. The van der Waals surface area contributed by atoms with E-state index in [2.05, 4.69) is 9.71 Å². The van der Waals surface area contributed by atoms with Crippen LogP contribution in [0.25, 0.3) is 11.3 Å². The molecule has 1 N–H and O–H groups in total. The summed E-state index contributed by atoms with van der Waals surface area (Å²) in [5.74, 6) is 0. The second-order valence-corrected chi connectivity index (χ2v) is 5.42. The Morgan fingerprint density at radius 2 is 1.76 bits per heavy atom. The van der Waals surface area contributed by atoms with E-state index in [4.69, 9.17) is 0 Å². The lowest BCUT2D eigenvalue weighted by Crippen LogP contribution is -2.09. The number of hydrogen-bond acceptors (Lipinski definition) is 3. The van der Waals surface area contributed by atoms with Crippen LogP contribution in [-0.4, -0.2) is 19.7 Å². The molecule has 0 atom stereocenters. The highest BCUT2D eigenvalue weighted by Crippen LogP contribution is 2.18. The second kappa shape index (κ2) is 4.55. The van der Waals surface area contributed by atoms with Crippen LogP contribution >= 0.6 is 0 Å². The van der Waals surface area contributed by atoms with Crippen molar-refractivity contribution in [2.75, 3.05) is 11.0 Å². The third kappa shape index (κ3) is 3.29. The van der Waals surface area contributed by atoms with Crippen molar-refractivity contribution in [1.82, 2.24) is 4.98 Å². The van der Waals surface area contributed by atoms with Crippen molar-refractivity contribution in [2.24, 2.45) is 0 Å². The van der Waals surface area contributed by atoms with E-state index < -0.39 is 10.0 Å². The number of nitrogens with zero attached hydrogens (tertiary/aromatic N) is 1. The van der Waals surface area contributed by atoms with E-state index in [0.29, 0.717) is 5.69 Å².